The number of carbonyl (C=O) groups is 1. The average Bonchev–Trinajstić information content (AvgIpc) is 3.47. The van der Waals surface area contributed by atoms with Crippen molar-refractivity contribution in [2.75, 3.05) is 18.5 Å². The number of carbonyl (C=O) groups excluding carboxylic acids is 1. The minimum absolute atomic E-state index is 0.0260. The zero-order valence-electron chi connectivity index (χ0n) is 21.9. The first kappa shape index (κ1) is 25.3. The molecule has 4 aromatic rings. The number of nitrogens with one attached hydrogen (secondary N) is 1. The normalized spacial score (nSPS) is 20.9. The Morgan fingerprint density at radius 2 is 1.77 bits per heavy atom. The molecule has 6 rings (SSSR count). The molecule has 3 N–H and O–H groups in total. The van der Waals surface area contributed by atoms with Gasteiger partial charge in [0.15, 0.2) is 15.5 Å². The smallest absolute Gasteiger partial charge is 0.317 e. The third kappa shape index (κ3) is 4.40. The van der Waals surface area contributed by atoms with E-state index in [1.807, 2.05) is 54.3 Å². The molecule has 1 aromatic carbocycles. The van der Waals surface area contributed by atoms with Crippen molar-refractivity contribution >= 4 is 27.3 Å². The number of anilines is 1. The molecule has 1 unspecified atom stereocenters. The van der Waals surface area contributed by atoms with Crippen LogP contribution in [-0.2, 0) is 9.84 Å². The molecule has 39 heavy (non-hydrogen) atoms. The Hall–Kier alpha value is -3.99. The lowest BCUT2D eigenvalue weighted by molar-refractivity contribution is 0.137. The minimum Gasteiger partial charge on any atom is -0.382 e. The third-order valence-corrected chi connectivity index (χ3v) is 9.02. The van der Waals surface area contributed by atoms with Gasteiger partial charge in [0.2, 0.25) is 0 Å². The number of hydrogen-bond donors (Lipinski definition) is 2. The van der Waals surface area contributed by atoms with Crippen LogP contribution in [0.4, 0.5) is 10.6 Å². The van der Waals surface area contributed by atoms with Crippen LogP contribution >= 0.6 is 0 Å². The van der Waals surface area contributed by atoms with Crippen molar-refractivity contribution in [2.24, 2.45) is 0 Å². The maximum absolute atomic E-state index is 13.0. The van der Waals surface area contributed by atoms with E-state index in [0.29, 0.717) is 30.7 Å². The van der Waals surface area contributed by atoms with E-state index in [1.165, 1.54) is 4.52 Å². The number of nitrogens with two attached hydrogens (primary N) is 1. The number of amides is 2. The largest absolute Gasteiger partial charge is 0.382 e. The Balaban J connectivity index is 1.42. The fourth-order valence-corrected chi connectivity index (χ4v) is 7.24. The van der Waals surface area contributed by atoms with Gasteiger partial charge in [-0.25, -0.2) is 18.2 Å². The van der Waals surface area contributed by atoms with Crippen molar-refractivity contribution in [1.82, 2.24) is 29.8 Å². The number of piperidine rings is 1. The fraction of sp³-hybridized carbons (Fsp3) is 0.357. The molecule has 2 aliphatic heterocycles. The standard InChI is InChI=1S/C28H31N7O3S/c1-3-30-28(36)34-20-10-11-21(34)14-19(13-20)24-25(39(2,37)38)26(29)35-27(33-24)22(16-32-35)18-9-12-23(31-15-18)17-7-5-4-6-8-17/h4-9,12,15-16,19-21H,3,10-11,13-14,29H2,1-2H3,(H,30,36)/t19-,20+,21?/m1/s1. The zero-order chi connectivity index (χ0) is 27.3. The molecule has 202 valence electrons. The zero-order valence-corrected chi connectivity index (χ0v) is 22.7. The molecular formula is C28H31N7O3S. The molecule has 0 saturated carbocycles. The second-order valence-corrected chi connectivity index (χ2v) is 12.3. The summed E-state index contributed by atoms with van der Waals surface area (Å²) in [5, 5.41) is 7.32. The number of nitrogens with zero attached hydrogens (tertiary/aromatic N) is 5. The summed E-state index contributed by atoms with van der Waals surface area (Å²) in [5.41, 5.74) is 10.8. The van der Waals surface area contributed by atoms with Crippen molar-refractivity contribution < 1.29 is 13.2 Å². The predicted octanol–water partition coefficient (Wildman–Crippen LogP) is 3.88. The van der Waals surface area contributed by atoms with E-state index >= 15 is 0 Å². The van der Waals surface area contributed by atoms with Crippen LogP contribution in [-0.4, -0.2) is 63.8 Å². The highest BCUT2D eigenvalue weighted by atomic mass is 32.2. The minimum atomic E-state index is -3.70. The van der Waals surface area contributed by atoms with Crippen molar-refractivity contribution in [2.45, 2.75) is 55.5 Å². The quantitative estimate of drug-likeness (QED) is 0.388. The third-order valence-electron chi connectivity index (χ3n) is 7.86. The molecule has 5 heterocycles. The number of nitrogen functional groups attached to an aromatic ring is 1. The summed E-state index contributed by atoms with van der Waals surface area (Å²) >= 11 is 0. The monoisotopic (exact) mass is 545 g/mol. The lowest BCUT2D eigenvalue weighted by atomic mass is 9.88. The van der Waals surface area contributed by atoms with Crippen LogP contribution in [0.2, 0.25) is 0 Å². The molecule has 0 aliphatic carbocycles. The second-order valence-electron chi connectivity index (χ2n) is 10.4. The van der Waals surface area contributed by atoms with Gasteiger partial charge < -0.3 is 16.0 Å². The van der Waals surface area contributed by atoms with E-state index in [4.69, 9.17) is 10.7 Å². The lowest BCUT2D eigenvalue weighted by Crippen LogP contribution is -2.50. The molecule has 2 bridgehead atoms. The highest BCUT2D eigenvalue weighted by Crippen LogP contribution is 2.45. The number of aromatic nitrogens is 4. The van der Waals surface area contributed by atoms with Crippen LogP contribution < -0.4 is 11.1 Å². The molecule has 2 amide bonds. The number of fused-ring (bicyclic) bond motifs is 3. The lowest BCUT2D eigenvalue weighted by Gasteiger charge is -2.39. The Morgan fingerprint density at radius 3 is 2.38 bits per heavy atom. The van der Waals surface area contributed by atoms with Gasteiger partial charge in [0.05, 0.1) is 17.6 Å². The van der Waals surface area contributed by atoms with Crippen LogP contribution in [0.15, 0.2) is 59.8 Å². The molecular weight excluding hydrogens is 514 g/mol. The van der Waals surface area contributed by atoms with Gasteiger partial charge in [0.1, 0.15) is 10.7 Å². The van der Waals surface area contributed by atoms with E-state index in [9.17, 15) is 13.2 Å². The van der Waals surface area contributed by atoms with Crippen molar-refractivity contribution in [1.29, 1.82) is 0 Å². The maximum Gasteiger partial charge on any atom is 0.317 e. The molecule has 11 heteroatoms. The average molecular weight is 546 g/mol. The molecule has 0 radical (unpaired) electrons. The Kier molecular flexibility index (Phi) is 6.25. The summed E-state index contributed by atoms with van der Waals surface area (Å²) in [4.78, 5) is 24.2. The van der Waals surface area contributed by atoms with Crippen LogP contribution in [0.1, 0.15) is 44.2 Å². The van der Waals surface area contributed by atoms with Gasteiger partial charge in [0.25, 0.3) is 0 Å². The van der Waals surface area contributed by atoms with Gasteiger partial charge in [0, 0.05) is 53.7 Å². The van der Waals surface area contributed by atoms with Crippen LogP contribution in [0, 0.1) is 0 Å². The van der Waals surface area contributed by atoms with Gasteiger partial charge in [-0.2, -0.15) is 9.61 Å². The number of benzene rings is 1. The van der Waals surface area contributed by atoms with E-state index in [1.54, 1.807) is 12.4 Å². The van der Waals surface area contributed by atoms with Gasteiger partial charge in [-0.05, 0) is 38.7 Å². The molecule has 2 fully saturated rings. The second kappa shape index (κ2) is 9.64. The maximum atomic E-state index is 13.0. The van der Waals surface area contributed by atoms with E-state index in [2.05, 4.69) is 15.4 Å². The van der Waals surface area contributed by atoms with E-state index in [-0.39, 0.29) is 34.7 Å². The highest BCUT2D eigenvalue weighted by molar-refractivity contribution is 7.91. The number of pyridine rings is 1. The molecule has 0 spiro atoms. The summed E-state index contributed by atoms with van der Waals surface area (Å²) in [6.45, 7) is 2.47. The molecule has 2 aliphatic rings. The summed E-state index contributed by atoms with van der Waals surface area (Å²) in [6, 6.07) is 13.8. The summed E-state index contributed by atoms with van der Waals surface area (Å²) in [6.07, 6.45) is 7.63. The summed E-state index contributed by atoms with van der Waals surface area (Å²) in [7, 11) is -3.70. The van der Waals surface area contributed by atoms with Crippen LogP contribution in [0.25, 0.3) is 28.0 Å². The first-order valence-electron chi connectivity index (χ1n) is 13.2. The topological polar surface area (TPSA) is 136 Å². The number of sulfone groups is 1. The van der Waals surface area contributed by atoms with Crippen LogP contribution in [0.3, 0.4) is 0 Å². The van der Waals surface area contributed by atoms with Crippen molar-refractivity contribution in [3.8, 4) is 22.4 Å². The predicted molar refractivity (Wildman–Crippen MR) is 149 cm³/mol. The van der Waals surface area contributed by atoms with Gasteiger partial charge in [-0.3, -0.25) is 4.98 Å². The van der Waals surface area contributed by atoms with Gasteiger partial charge >= 0.3 is 6.03 Å². The Labute approximate surface area is 227 Å². The first-order valence-corrected chi connectivity index (χ1v) is 15.1. The van der Waals surface area contributed by atoms with Gasteiger partial charge in [-0.15, -0.1) is 0 Å². The fourth-order valence-electron chi connectivity index (χ4n) is 6.19. The van der Waals surface area contributed by atoms with Crippen molar-refractivity contribution in [3.05, 3.63) is 60.6 Å². The highest BCUT2D eigenvalue weighted by Gasteiger charge is 2.45. The Morgan fingerprint density at radius 1 is 1.05 bits per heavy atom. The number of urea groups is 1. The number of rotatable bonds is 5. The summed E-state index contributed by atoms with van der Waals surface area (Å²) < 4.78 is 27.4. The Bertz CT molecular complexity index is 1640. The van der Waals surface area contributed by atoms with Crippen molar-refractivity contribution in [3.63, 3.8) is 0 Å². The van der Waals surface area contributed by atoms with Crippen LogP contribution in [0.5, 0.6) is 0 Å². The molecule has 10 nitrogen and oxygen atoms in total. The van der Waals surface area contributed by atoms with E-state index < -0.39 is 9.84 Å². The molecule has 3 atom stereocenters. The number of hydrogen-bond acceptors (Lipinski definition) is 7. The molecule has 2 saturated heterocycles. The molecule has 3 aromatic heterocycles. The van der Waals surface area contributed by atoms with E-state index in [0.717, 1.165) is 41.5 Å². The van der Waals surface area contributed by atoms with Gasteiger partial charge in [-0.1, -0.05) is 36.4 Å². The first-order chi connectivity index (χ1) is 18.8. The SMILES string of the molecule is CCNC(=O)N1C2CC[C@H]1C[C@@H](c1nc3c(-c4ccc(-c5ccccc5)nc4)cnn3c(N)c1S(C)(=O)=O)C2. The summed E-state index contributed by atoms with van der Waals surface area (Å²) in [5.74, 6) is -0.0948.